The van der Waals surface area contributed by atoms with E-state index in [1.54, 1.807) is 11.3 Å². The predicted octanol–water partition coefficient (Wildman–Crippen LogP) is 4.68. The van der Waals surface area contributed by atoms with Gasteiger partial charge in [-0.25, -0.2) is 0 Å². The summed E-state index contributed by atoms with van der Waals surface area (Å²) in [4.78, 5) is 16.2. The number of nitrogens with zero attached hydrogens (tertiary/aromatic N) is 2. The standard InChI is InChI=1S/C24H28N2O4S/c1-17-23(18(2)30-25-17)16-29-20-9-7-19(8-10-20)13-24(27)26(14-21-5-3-11-28-21)15-22-6-4-12-31-22/h4,6-10,12,21H,3,5,11,13-16H2,1-2H3. The highest BCUT2D eigenvalue weighted by atomic mass is 32.1. The number of hydrogen-bond acceptors (Lipinski definition) is 6. The molecular weight excluding hydrogens is 412 g/mol. The lowest BCUT2D eigenvalue weighted by molar-refractivity contribution is -0.132. The lowest BCUT2D eigenvalue weighted by atomic mass is 10.1. The minimum absolute atomic E-state index is 0.119. The number of thiophene rings is 1. The Labute approximate surface area is 186 Å². The van der Waals surface area contributed by atoms with Crippen LogP contribution in [-0.2, 0) is 29.1 Å². The van der Waals surface area contributed by atoms with Crippen LogP contribution >= 0.6 is 11.3 Å². The highest BCUT2D eigenvalue weighted by molar-refractivity contribution is 7.09. The molecule has 1 unspecified atom stereocenters. The minimum atomic E-state index is 0.119. The van der Waals surface area contributed by atoms with Gasteiger partial charge >= 0.3 is 0 Å². The maximum Gasteiger partial charge on any atom is 0.227 e. The molecule has 1 aromatic carbocycles. The first-order valence-electron chi connectivity index (χ1n) is 10.6. The van der Waals surface area contributed by atoms with Gasteiger partial charge in [0.2, 0.25) is 5.91 Å². The lowest BCUT2D eigenvalue weighted by Gasteiger charge is -2.25. The molecule has 0 bridgehead atoms. The number of ether oxygens (including phenoxy) is 2. The highest BCUT2D eigenvalue weighted by Crippen LogP contribution is 2.20. The van der Waals surface area contributed by atoms with E-state index in [1.165, 1.54) is 4.88 Å². The SMILES string of the molecule is Cc1noc(C)c1COc1ccc(CC(=O)N(Cc2cccs2)CC2CCCO2)cc1. The zero-order valence-corrected chi connectivity index (χ0v) is 18.8. The van der Waals surface area contributed by atoms with Gasteiger partial charge in [-0.15, -0.1) is 11.3 Å². The number of aryl methyl sites for hydroxylation is 2. The molecule has 0 N–H and O–H groups in total. The summed E-state index contributed by atoms with van der Waals surface area (Å²) < 4.78 is 16.8. The molecule has 7 heteroatoms. The van der Waals surface area contributed by atoms with Gasteiger partial charge in [-0.2, -0.15) is 0 Å². The van der Waals surface area contributed by atoms with Crippen molar-refractivity contribution in [1.29, 1.82) is 0 Å². The van der Waals surface area contributed by atoms with Gasteiger partial charge in [0.15, 0.2) is 0 Å². The van der Waals surface area contributed by atoms with E-state index in [-0.39, 0.29) is 12.0 Å². The van der Waals surface area contributed by atoms with E-state index < -0.39 is 0 Å². The first-order valence-corrected chi connectivity index (χ1v) is 11.5. The van der Waals surface area contributed by atoms with Crippen molar-refractivity contribution in [1.82, 2.24) is 10.1 Å². The zero-order valence-electron chi connectivity index (χ0n) is 18.0. The van der Waals surface area contributed by atoms with Gasteiger partial charge in [0, 0.05) is 18.0 Å². The van der Waals surface area contributed by atoms with Crippen LogP contribution in [0.2, 0.25) is 0 Å². The van der Waals surface area contributed by atoms with Crippen LogP contribution in [0.3, 0.4) is 0 Å². The van der Waals surface area contributed by atoms with Crippen molar-refractivity contribution in [2.75, 3.05) is 13.2 Å². The maximum atomic E-state index is 13.1. The Bertz CT molecular complexity index is 956. The predicted molar refractivity (Wildman–Crippen MR) is 119 cm³/mol. The van der Waals surface area contributed by atoms with Crippen molar-refractivity contribution >= 4 is 17.2 Å². The second-order valence-electron chi connectivity index (χ2n) is 7.90. The quantitative estimate of drug-likeness (QED) is 0.483. The van der Waals surface area contributed by atoms with Crippen LogP contribution in [0.25, 0.3) is 0 Å². The van der Waals surface area contributed by atoms with Gasteiger partial charge in [0.1, 0.15) is 18.1 Å². The van der Waals surface area contributed by atoms with Gasteiger partial charge in [-0.3, -0.25) is 4.79 Å². The summed E-state index contributed by atoms with van der Waals surface area (Å²) in [5, 5.41) is 6.00. The second-order valence-corrected chi connectivity index (χ2v) is 8.93. The Morgan fingerprint density at radius 1 is 1.26 bits per heavy atom. The van der Waals surface area contributed by atoms with Crippen molar-refractivity contribution in [2.45, 2.75) is 52.4 Å². The second kappa shape index (κ2) is 10.1. The fourth-order valence-corrected chi connectivity index (χ4v) is 4.45. The van der Waals surface area contributed by atoms with E-state index >= 15 is 0 Å². The fourth-order valence-electron chi connectivity index (χ4n) is 3.73. The van der Waals surface area contributed by atoms with E-state index in [1.807, 2.05) is 54.5 Å². The molecule has 3 aromatic rings. The topological polar surface area (TPSA) is 64.8 Å². The van der Waals surface area contributed by atoms with E-state index in [4.69, 9.17) is 14.0 Å². The van der Waals surface area contributed by atoms with Gasteiger partial charge in [-0.1, -0.05) is 23.4 Å². The Morgan fingerprint density at radius 3 is 2.74 bits per heavy atom. The summed E-state index contributed by atoms with van der Waals surface area (Å²) in [6.07, 6.45) is 2.60. The summed E-state index contributed by atoms with van der Waals surface area (Å²) in [7, 11) is 0. The molecule has 0 radical (unpaired) electrons. The third-order valence-corrected chi connectivity index (χ3v) is 6.43. The molecule has 0 spiro atoms. The highest BCUT2D eigenvalue weighted by Gasteiger charge is 2.23. The Hall–Kier alpha value is -2.64. The Balaban J connectivity index is 1.36. The van der Waals surface area contributed by atoms with Crippen molar-refractivity contribution in [3.8, 4) is 5.75 Å². The molecule has 1 aliphatic heterocycles. The molecule has 0 saturated carbocycles. The van der Waals surface area contributed by atoms with E-state index in [0.717, 1.165) is 47.8 Å². The monoisotopic (exact) mass is 440 g/mol. The molecule has 2 aromatic heterocycles. The first kappa shape index (κ1) is 21.6. The summed E-state index contributed by atoms with van der Waals surface area (Å²) in [5.41, 5.74) is 2.78. The number of benzene rings is 1. The van der Waals surface area contributed by atoms with Crippen LogP contribution in [0.5, 0.6) is 5.75 Å². The smallest absolute Gasteiger partial charge is 0.227 e. The van der Waals surface area contributed by atoms with Crippen molar-refractivity contribution in [3.63, 3.8) is 0 Å². The maximum absolute atomic E-state index is 13.1. The molecule has 1 amide bonds. The van der Waals surface area contributed by atoms with Crippen LogP contribution in [0.1, 0.15) is 40.3 Å². The molecule has 1 aliphatic rings. The molecular formula is C24H28N2O4S. The number of aromatic nitrogens is 1. The van der Waals surface area contributed by atoms with Crippen LogP contribution in [-0.4, -0.2) is 35.2 Å². The molecule has 1 atom stereocenters. The van der Waals surface area contributed by atoms with Crippen LogP contribution in [0.15, 0.2) is 46.3 Å². The lowest BCUT2D eigenvalue weighted by Crippen LogP contribution is -2.37. The summed E-state index contributed by atoms with van der Waals surface area (Å²) in [6, 6.07) is 11.8. The number of carbonyl (C=O) groups excluding carboxylic acids is 1. The van der Waals surface area contributed by atoms with Gasteiger partial charge in [0.25, 0.3) is 0 Å². The van der Waals surface area contributed by atoms with E-state index in [9.17, 15) is 4.79 Å². The van der Waals surface area contributed by atoms with Gasteiger partial charge in [-0.05, 0) is 55.8 Å². The molecule has 31 heavy (non-hydrogen) atoms. The molecule has 3 heterocycles. The third kappa shape index (κ3) is 5.74. The summed E-state index contributed by atoms with van der Waals surface area (Å²) in [6.45, 7) is 6.27. The van der Waals surface area contributed by atoms with E-state index in [2.05, 4.69) is 11.2 Å². The summed E-state index contributed by atoms with van der Waals surface area (Å²) in [5.74, 6) is 1.65. The number of carbonyl (C=O) groups is 1. The van der Waals surface area contributed by atoms with Crippen molar-refractivity contribution in [3.05, 3.63) is 69.2 Å². The van der Waals surface area contributed by atoms with Crippen LogP contribution in [0.4, 0.5) is 0 Å². The molecule has 1 fully saturated rings. The molecule has 0 aliphatic carbocycles. The largest absolute Gasteiger partial charge is 0.489 e. The Kier molecular flexibility index (Phi) is 7.04. The number of hydrogen-bond donors (Lipinski definition) is 0. The minimum Gasteiger partial charge on any atom is -0.489 e. The average molecular weight is 441 g/mol. The number of amides is 1. The van der Waals surface area contributed by atoms with Crippen molar-refractivity contribution in [2.24, 2.45) is 0 Å². The normalized spacial score (nSPS) is 15.9. The van der Waals surface area contributed by atoms with Crippen LogP contribution < -0.4 is 4.74 Å². The van der Waals surface area contributed by atoms with Gasteiger partial charge in [0.05, 0.1) is 30.3 Å². The Morgan fingerprint density at radius 2 is 2.10 bits per heavy atom. The van der Waals surface area contributed by atoms with Crippen molar-refractivity contribution < 1.29 is 18.8 Å². The van der Waals surface area contributed by atoms with Gasteiger partial charge < -0.3 is 18.9 Å². The molecule has 1 saturated heterocycles. The zero-order chi connectivity index (χ0) is 21.6. The fraction of sp³-hybridized carbons (Fsp3) is 0.417. The molecule has 164 valence electrons. The first-order chi connectivity index (χ1) is 15.1. The van der Waals surface area contributed by atoms with E-state index in [0.29, 0.717) is 26.1 Å². The summed E-state index contributed by atoms with van der Waals surface area (Å²) >= 11 is 1.68. The third-order valence-electron chi connectivity index (χ3n) is 5.57. The molecule has 6 nitrogen and oxygen atoms in total. The number of rotatable bonds is 9. The average Bonchev–Trinajstić information content (AvgIpc) is 3.52. The molecule has 4 rings (SSSR count). The van der Waals surface area contributed by atoms with Crippen LogP contribution in [0, 0.1) is 13.8 Å².